The lowest BCUT2D eigenvalue weighted by Gasteiger charge is -2.24. The van der Waals surface area contributed by atoms with Crippen molar-refractivity contribution in [2.45, 2.75) is 18.9 Å². The molecule has 2 aromatic heterocycles. The molecule has 0 aliphatic rings. The molecular weight excluding hydrogens is 317 g/mol. The molecule has 2 heterocycles. The molecule has 2 aromatic rings. The first-order chi connectivity index (χ1) is 11.5. The molecule has 2 rings (SSSR count). The highest BCUT2D eigenvalue weighted by Gasteiger charge is 2.17. The number of aliphatic hydroxyl groups excluding tert-OH is 1. The van der Waals surface area contributed by atoms with Gasteiger partial charge in [-0.2, -0.15) is 15.4 Å². The molecule has 0 aromatic carbocycles. The van der Waals surface area contributed by atoms with Gasteiger partial charge in [0.1, 0.15) is 0 Å². The molecule has 130 valence electrons. The summed E-state index contributed by atoms with van der Waals surface area (Å²) in [7, 11) is 3.31. The number of halogens is 1. The molecule has 9 nitrogen and oxygen atoms in total. The molecule has 1 atom stereocenters. The molecule has 24 heavy (non-hydrogen) atoms. The molecule has 0 saturated heterocycles. The first-order valence-electron chi connectivity index (χ1n) is 7.41. The molecule has 0 radical (unpaired) electrons. The predicted octanol–water partition coefficient (Wildman–Crippen LogP) is -0.378. The largest absolute Gasteiger partial charge is 0.389 e. The normalized spacial score (nSPS) is 12.0. The van der Waals surface area contributed by atoms with Crippen LogP contribution in [0, 0.1) is 5.82 Å². The van der Waals surface area contributed by atoms with Gasteiger partial charge in [0, 0.05) is 40.0 Å². The van der Waals surface area contributed by atoms with E-state index in [9.17, 15) is 14.3 Å². The minimum absolute atomic E-state index is 0.0993. The van der Waals surface area contributed by atoms with Crippen LogP contribution in [0.15, 0.2) is 18.6 Å². The third-order valence-corrected chi connectivity index (χ3v) is 3.40. The van der Waals surface area contributed by atoms with Gasteiger partial charge in [-0.05, 0) is 0 Å². The van der Waals surface area contributed by atoms with Crippen LogP contribution in [0.4, 0.5) is 10.3 Å². The van der Waals surface area contributed by atoms with Crippen molar-refractivity contribution in [1.29, 1.82) is 0 Å². The lowest BCUT2D eigenvalue weighted by molar-refractivity contribution is -0.131. The average Bonchev–Trinajstić information content (AvgIpc) is 3.06. The van der Waals surface area contributed by atoms with Crippen LogP contribution in [0.2, 0.25) is 0 Å². The van der Waals surface area contributed by atoms with E-state index in [1.807, 2.05) is 0 Å². The van der Waals surface area contributed by atoms with Gasteiger partial charge in [-0.3, -0.25) is 4.79 Å². The van der Waals surface area contributed by atoms with Gasteiger partial charge in [0.2, 0.25) is 11.9 Å². The van der Waals surface area contributed by atoms with E-state index < -0.39 is 11.9 Å². The zero-order valence-corrected chi connectivity index (χ0v) is 13.6. The molecule has 0 fully saturated rings. The summed E-state index contributed by atoms with van der Waals surface area (Å²) in [5.74, 6) is -0.321. The molecule has 2 N–H and O–H groups in total. The Kier molecular flexibility index (Phi) is 6.13. The number of nitrogens with zero attached hydrogens (tertiary/aromatic N) is 6. The van der Waals surface area contributed by atoms with Crippen LogP contribution in [0.25, 0.3) is 0 Å². The molecule has 0 saturated carbocycles. The summed E-state index contributed by atoms with van der Waals surface area (Å²) < 4.78 is 12.8. The van der Waals surface area contributed by atoms with Crippen molar-refractivity contribution in [1.82, 2.24) is 30.3 Å². The Morgan fingerprint density at radius 1 is 1.29 bits per heavy atom. The summed E-state index contributed by atoms with van der Waals surface area (Å²) in [4.78, 5) is 22.8. The zero-order valence-electron chi connectivity index (χ0n) is 13.6. The van der Waals surface area contributed by atoms with Crippen molar-refractivity contribution in [2.75, 3.05) is 32.1 Å². The molecule has 0 aliphatic heterocycles. The number of amides is 1. The predicted molar refractivity (Wildman–Crippen MR) is 83.6 cm³/mol. The molecule has 0 spiro atoms. The number of carbonyl (C=O) groups is 1. The van der Waals surface area contributed by atoms with E-state index in [0.29, 0.717) is 18.1 Å². The van der Waals surface area contributed by atoms with Gasteiger partial charge in [0.25, 0.3) is 0 Å². The lowest BCUT2D eigenvalue weighted by Crippen LogP contribution is -2.40. The second-order valence-electron chi connectivity index (χ2n) is 5.47. The minimum atomic E-state index is -0.787. The minimum Gasteiger partial charge on any atom is -0.389 e. The molecular formula is C14H20FN7O2. The topological polar surface area (TPSA) is 111 Å². The number of aromatic nitrogens is 5. The second kappa shape index (κ2) is 8.29. The average molecular weight is 337 g/mol. The standard InChI is InChI=1S/C14H20FN7O2/c1-21(13(24)4-3-11-7-18-20-19-11)8-12(23)9-22(2)14-16-5-10(15)6-17-14/h5-7,12,23H,3-4,8-9H2,1-2H3,(H,18,19,20). The number of rotatable bonds is 8. The number of likely N-dealkylation sites (N-methyl/N-ethyl adjacent to an activating group) is 2. The Morgan fingerprint density at radius 2 is 2.00 bits per heavy atom. The number of H-pyrrole nitrogens is 1. The van der Waals surface area contributed by atoms with Crippen LogP contribution in [0.1, 0.15) is 12.1 Å². The zero-order chi connectivity index (χ0) is 17.5. The number of anilines is 1. The summed E-state index contributed by atoms with van der Waals surface area (Å²) in [6.07, 6.45) is 3.67. The maximum atomic E-state index is 12.8. The van der Waals surface area contributed by atoms with Gasteiger partial charge in [-0.1, -0.05) is 0 Å². The number of hydrogen-bond acceptors (Lipinski definition) is 7. The van der Waals surface area contributed by atoms with E-state index >= 15 is 0 Å². The van der Waals surface area contributed by atoms with Crippen LogP contribution < -0.4 is 4.90 Å². The fourth-order valence-corrected chi connectivity index (χ4v) is 2.15. The third-order valence-electron chi connectivity index (χ3n) is 3.40. The second-order valence-corrected chi connectivity index (χ2v) is 5.47. The number of carbonyl (C=O) groups excluding carboxylic acids is 1. The molecule has 0 aliphatic carbocycles. The Morgan fingerprint density at radius 3 is 2.62 bits per heavy atom. The Hall–Kier alpha value is -2.62. The van der Waals surface area contributed by atoms with E-state index in [1.54, 1.807) is 25.2 Å². The van der Waals surface area contributed by atoms with Gasteiger partial charge >= 0.3 is 0 Å². The van der Waals surface area contributed by atoms with Crippen molar-refractivity contribution in [3.63, 3.8) is 0 Å². The Balaban J connectivity index is 1.76. The fourth-order valence-electron chi connectivity index (χ4n) is 2.15. The quantitative estimate of drug-likeness (QED) is 0.675. The van der Waals surface area contributed by atoms with Gasteiger partial charge in [-0.25, -0.2) is 14.4 Å². The first kappa shape index (κ1) is 17.7. The van der Waals surface area contributed by atoms with Crippen LogP contribution in [-0.4, -0.2) is 74.6 Å². The third kappa shape index (κ3) is 5.23. The molecule has 10 heteroatoms. The summed E-state index contributed by atoms with van der Waals surface area (Å²) in [5.41, 5.74) is 0.713. The number of aromatic amines is 1. The summed E-state index contributed by atoms with van der Waals surface area (Å²) >= 11 is 0. The highest BCUT2D eigenvalue weighted by molar-refractivity contribution is 5.76. The Bertz CT molecular complexity index is 635. The van der Waals surface area contributed by atoms with Crippen LogP contribution in [0.5, 0.6) is 0 Å². The number of nitrogens with one attached hydrogen (secondary N) is 1. The monoisotopic (exact) mass is 337 g/mol. The smallest absolute Gasteiger partial charge is 0.225 e. The van der Waals surface area contributed by atoms with E-state index in [1.165, 1.54) is 4.90 Å². The van der Waals surface area contributed by atoms with Crippen LogP contribution >= 0.6 is 0 Å². The highest BCUT2D eigenvalue weighted by atomic mass is 19.1. The van der Waals surface area contributed by atoms with Crippen molar-refractivity contribution < 1.29 is 14.3 Å². The van der Waals surface area contributed by atoms with Crippen molar-refractivity contribution in [3.8, 4) is 0 Å². The Labute approximate surface area is 138 Å². The SMILES string of the molecule is CN(CC(O)CN(C)c1ncc(F)cn1)C(=O)CCc1cn[nH]n1. The number of hydrogen-bond donors (Lipinski definition) is 2. The number of aryl methyl sites for hydroxylation is 1. The van der Waals surface area contributed by atoms with E-state index in [4.69, 9.17) is 0 Å². The van der Waals surface area contributed by atoms with Crippen molar-refractivity contribution >= 4 is 11.9 Å². The maximum absolute atomic E-state index is 12.8. The molecule has 0 bridgehead atoms. The fraction of sp³-hybridized carbons (Fsp3) is 0.500. The summed E-state index contributed by atoms with van der Waals surface area (Å²) in [6, 6.07) is 0. The molecule has 1 unspecified atom stereocenters. The van der Waals surface area contributed by atoms with E-state index in [-0.39, 0.29) is 25.4 Å². The summed E-state index contributed by atoms with van der Waals surface area (Å²) in [5, 5.41) is 20.2. The lowest BCUT2D eigenvalue weighted by atomic mass is 10.2. The van der Waals surface area contributed by atoms with Crippen molar-refractivity contribution in [2.24, 2.45) is 0 Å². The number of aliphatic hydroxyl groups is 1. The van der Waals surface area contributed by atoms with Gasteiger partial charge < -0.3 is 14.9 Å². The first-order valence-corrected chi connectivity index (χ1v) is 7.41. The van der Waals surface area contributed by atoms with Gasteiger partial charge in [-0.15, -0.1) is 0 Å². The van der Waals surface area contributed by atoms with Gasteiger partial charge in [0.15, 0.2) is 5.82 Å². The summed E-state index contributed by atoms with van der Waals surface area (Å²) in [6.45, 7) is 0.385. The van der Waals surface area contributed by atoms with E-state index in [0.717, 1.165) is 12.4 Å². The highest BCUT2D eigenvalue weighted by Crippen LogP contribution is 2.06. The maximum Gasteiger partial charge on any atom is 0.225 e. The van der Waals surface area contributed by atoms with Gasteiger partial charge in [0.05, 0.1) is 30.4 Å². The van der Waals surface area contributed by atoms with Crippen LogP contribution in [-0.2, 0) is 11.2 Å². The molecule has 1 amide bonds. The van der Waals surface area contributed by atoms with Crippen LogP contribution in [0.3, 0.4) is 0 Å². The van der Waals surface area contributed by atoms with E-state index in [2.05, 4.69) is 25.4 Å². The van der Waals surface area contributed by atoms with Crippen molar-refractivity contribution in [3.05, 3.63) is 30.1 Å².